The van der Waals surface area contributed by atoms with Crippen molar-refractivity contribution in [3.05, 3.63) is 17.7 Å². The van der Waals surface area contributed by atoms with E-state index in [0.29, 0.717) is 18.5 Å². The Kier molecular flexibility index (Phi) is 2.73. The minimum Gasteiger partial charge on any atom is -0.475 e. The predicted molar refractivity (Wildman–Crippen MR) is 60.8 cm³/mol. The maximum absolute atomic E-state index is 11.4. The molecule has 0 spiro atoms. The third-order valence-corrected chi connectivity index (χ3v) is 5.01. The fourth-order valence-electron chi connectivity index (χ4n) is 1.99. The highest BCUT2D eigenvalue weighted by molar-refractivity contribution is 7.91. The van der Waals surface area contributed by atoms with Crippen LogP contribution in [-0.2, 0) is 15.3 Å². The maximum Gasteiger partial charge on any atom is 0.371 e. The number of nitrogens with one attached hydrogen (secondary N) is 1. The molecular formula is C10H14N2O4S. The standard InChI is InChI=1S/C10H14N2O4S/c1-10(2-4-17(15,16)5-3-10)7-6-11-8(12-7)9(13)14/h6H,2-5H2,1H3,(H,11,12)(H,13,14). The van der Waals surface area contributed by atoms with E-state index in [1.807, 2.05) is 6.92 Å². The van der Waals surface area contributed by atoms with Gasteiger partial charge in [-0.25, -0.2) is 18.2 Å². The largest absolute Gasteiger partial charge is 0.475 e. The molecule has 1 fully saturated rings. The van der Waals surface area contributed by atoms with Gasteiger partial charge in [-0.2, -0.15) is 0 Å². The molecule has 1 aromatic rings. The van der Waals surface area contributed by atoms with E-state index in [-0.39, 0.29) is 22.7 Å². The van der Waals surface area contributed by atoms with Crippen molar-refractivity contribution in [3.63, 3.8) is 0 Å². The number of imidazole rings is 1. The number of carboxylic acid groups (broad SMARTS) is 1. The van der Waals surface area contributed by atoms with Crippen LogP contribution in [-0.4, -0.2) is 41.0 Å². The number of nitrogens with zero attached hydrogens (tertiary/aromatic N) is 1. The molecule has 1 aliphatic heterocycles. The summed E-state index contributed by atoms with van der Waals surface area (Å²) in [4.78, 5) is 17.2. The molecule has 2 rings (SSSR count). The molecule has 0 amide bonds. The van der Waals surface area contributed by atoms with Crippen molar-refractivity contribution < 1.29 is 18.3 Å². The van der Waals surface area contributed by atoms with Gasteiger partial charge in [0.05, 0.1) is 11.5 Å². The Morgan fingerprint density at radius 1 is 1.47 bits per heavy atom. The first-order valence-electron chi connectivity index (χ1n) is 5.32. The van der Waals surface area contributed by atoms with Gasteiger partial charge in [-0.15, -0.1) is 0 Å². The lowest BCUT2D eigenvalue weighted by molar-refractivity contribution is 0.0684. The van der Waals surface area contributed by atoms with Crippen LogP contribution < -0.4 is 0 Å². The van der Waals surface area contributed by atoms with Crippen molar-refractivity contribution in [2.75, 3.05) is 11.5 Å². The highest BCUT2D eigenvalue weighted by Gasteiger charge is 2.36. The first-order chi connectivity index (χ1) is 7.82. The van der Waals surface area contributed by atoms with Crippen LogP contribution in [0.1, 0.15) is 36.1 Å². The number of carbonyl (C=O) groups is 1. The van der Waals surface area contributed by atoms with Crippen LogP contribution in [0.25, 0.3) is 0 Å². The first-order valence-corrected chi connectivity index (χ1v) is 7.14. The van der Waals surface area contributed by atoms with Gasteiger partial charge in [0.25, 0.3) is 0 Å². The van der Waals surface area contributed by atoms with Crippen molar-refractivity contribution in [3.8, 4) is 0 Å². The maximum atomic E-state index is 11.4. The number of rotatable bonds is 2. The van der Waals surface area contributed by atoms with E-state index < -0.39 is 15.8 Å². The summed E-state index contributed by atoms with van der Waals surface area (Å²) in [6.07, 6.45) is 2.48. The third kappa shape index (κ3) is 2.33. The fourth-order valence-corrected chi connectivity index (χ4v) is 3.72. The fraction of sp³-hybridized carbons (Fsp3) is 0.600. The summed E-state index contributed by atoms with van der Waals surface area (Å²) < 4.78 is 22.7. The first kappa shape index (κ1) is 12.1. The molecule has 1 aliphatic rings. The van der Waals surface area contributed by atoms with E-state index in [2.05, 4.69) is 9.97 Å². The Morgan fingerprint density at radius 3 is 2.53 bits per heavy atom. The molecule has 1 aromatic heterocycles. The Labute approximate surface area is 99.0 Å². The van der Waals surface area contributed by atoms with Crippen LogP contribution in [0, 0.1) is 0 Å². The second-order valence-corrected chi connectivity index (χ2v) is 6.97. The zero-order valence-electron chi connectivity index (χ0n) is 9.43. The average Bonchev–Trinajstić information content (AvgIpc) is 2.73. The molecule has 0 radical (unpaired) electrons. The van der Waals surface area contributed by atoms with Gasteiger partial charge in [-0.3, -0.25) is 0 Å². The van der Waals surface area contributed by atoms with Crippen molar-refractivity contribution in [2.45, 2.75) is 25.2 Å². The summed E-state index contributed by atoms with van der Waals surface area (Å²) in [6.45, 7) is 1.93. The molecule has 7 heteroatoms. The molecule has 0 aliphatic carbocycles. The molecule has 0 aromatic carbocycles. The van der Waals surface area contributed by atoms with Gasteiger partial charge in [0.1, 0.15) is 9.84 Å². The molecule has 17 heavy (non-hydrogen) atoms. The zero-order chi connectivity index (χ0) is 12.7. The Balaban J connectivity index is 2.24. The average molecular weight is 258 g/mol. The van der Waals surface area contributed by atoms with Crippen molar-refractivity contribution in [2.24, 2.45) is 0 Å². The highest BCUT2D eigenvalue weighted by Crippen LogP contribution is 2.34. The number of aromatic amines is 1. The lowest BCUT2D eigenvalue weighted by atomic mass is 9.81. The van der Waals surface area contributed by atoms with Gasteiger partial charge >= 0.3 is 5.97 Å². The number of sulfone groups is 1. The molecule has 6 nitrogen and oxygen atoms in total. The van der Waals surface area contributed by atoms with Crippen LogP contribution in [0.15, 0.2) is 6.20 Å². The minimum atomic E-state index is -2.92. The van der Waals surface area contributed by atoms with E-state index in [0.717, 1.165) is 0 Å². The molecule has 0 saturated carbocycles. The highest BCUT2D eigenvalue weighted by atomic mass is 32.2. The van der Waals surface area contributed by atoms with Gasteiger partial charge in [-0.05, 0) is 12.8 Å². The normalized spacial score (nSPS) is 22.2. The molecule has 0 unspecified atom stereocenters. The second kappa shape index (κ2) is 3.83. The number of hydrogen-bond donors (Lipinski definition) is 2. The molecule has 1 saturated heterocycles. The summed E-state index contributed by atoms with van der Waals surface area (Å²) in [6, 6.07) is 0. The van der Waals surface area contributed by atoms with Gasteiger partial charge in [-0.1, -0.05) is 6.92 Å². The van der Waals surface area contributed by atoms with E-state index in [1.54, 1.807) is 0 Å². The Hall–Kier alpha value is -1.37. The van der Waals surface area contributed by atoms with E-state index in [4.69, 9.17) is 5.11 Å². The van der Waals surface area contributed by atoms with Gasteiger partial charge < -0.3 is 10.1 Å². The number of aromatic carboxylic acids is 1. The summed E-state index contributed by atoms with van der Waals surface area (Å²) >= 11 is 0. The zero-order valence-corrected chi connectivity index (χ0v) is 10.2. The minimum absolute atomic E-state index is 0.102. The summed E-state index contributed by atoms with van der Waals surface area (Å²) in [7, 11) is -2.92. The van der Waals surface area contributed by atoms with E-state index in [1.165, 1.54) is 6.20 Å². The van der Waals surface area contributed by atoms with Crippen LogP contribution in [0.5, 0.6) is 0 Å². The summed E-state index contributed by atoms with van der Waals surface area (Å²) in [5, 5.41) is 8.77. The monoisotopic (exact) mass is 258 g/mol. The van der Waals surface area contributed by atoms with Gasteiger partial charge in [0.15, 0.2) is 0 Å². The smallest absolute Gasteiger partial charge is 0.371 e. The molecule has 2 N–H and O–H groups in total. The van der Waals surface area contributed by atoms with Crippen LogP contribution in [0.4, 0.5) is 0 Å². The topological polar surface area (TPSA) is 100 Å². The van der Waals surface area contributed by atoms with Crippen LogP contribution in [0.2, 0.25) is 0 Å². The number of hydrogen-bond acceptors (Lipinski definition) is 4. The lowest BCUT2D eigenvalue weighted by Gasteiger charge is -2.32. The molecule has 0 atom stereocenters. The summed E-state index contributed by atoms with van der Waals surface area (Å²) in [5.74, 6) is -0.923. The van der Waals surface area contributed by atoms with Crippen molar-refractivity contribution in [1.29, 1.82) is 0 Å². The number of carboxylic acids is 1. The van der Waals surface area contributed by atoms with Crippen LogP contribution >= 0.6 is 0 Å². The van der Waals surface area contributed by atoms with Crippen molar-refractivity contribution in [1.82, 2.24) is 9.97 Å². The van der Waals surface area contributed by atoms with E-state index in [9.17, 15) is 13.2 Å². The van der Waals surface area contributed by atoms with Gasteiger partial charge in [0.2, 0.25) is 5.82 Å². The lowest BCUT2D eigenvalue weighted by Crippen LogP contribution is -2.34. The Bertz CT molecular complexity index is 532. The molecular weight excluding hydrogens is 244 g/mol. The van der Waals surface area contributed by atoms with Gasteiger partial charge in [0, 0.05) is 17.3 Å². The van der Waals surface area contributed by atoms with Crippen molar-refractivity contribution >= 4 is 15.8 Å². The third-order valence-electron chi connectivity index (χ3n) is 3.36. The molecule has 2 heterocycles. The second-order valence-electron chi connectivity index (χ2n) is 4.66. The molecule has 0 bridgehead atoms. The molecule has 94 valence electrons. The number of aromatic nitrogens is 2. The Morgan fingerprint density at radius 2 is 2.06 bits per heavy atom. The summed E-state index contributed by atoms with van der Waals surface area (Å²) in [5.41, 5.74) is 0.372. The van der Waals surface area contributed by atoms with Crippen LogP contribution in [0.3, 0.4) is 0 Å². The SMILES string of the molecule is CC1(c2cnc(C(=O)O)[nH]2)CCS(=O)(=O)CC1. The predicted octanol–water partition coefficient (Wildman–Crippen LogP) is 0.574. The quantitative estimate of drug-likeness (QED) is 0.808. The van der Waals surface area contributed by atoms with E-state index >= 15 is 0 Å². The number of H-pyrrole nitrogens is 1.